The first kappa shape index (κ1) is 14.7. The van der Waals surface area contributed by atoms with E-state index in [1.54, 1.807) is 0 Å². The number of thioether (sulfide) groups is 1. The van der Waals surface area contributed by atoms with Gasteiger partial charge in [0.25, 0.3) is 0 Å². The van der Waals surface area contributed by atoms with Crippen LogP contribution in [0, 0.1) is 0 Å². The Kier molecular flexibility index (Phi) is 5.98. The summed E-state index contributed by atoms with van der Waals surface area (Å²) in [6.07, 6.45) is 4.34. The Morgan fingerprint density at radius 1 is 1.47 bits per heavy atom. The second-order valence-corrected chi connectivity index (χ2v) is 6.42. The molecule has 1 aliphatic rings. The van der Waals surface area contributed by atoms with Gasteiger partial charge in [0.2, 0.25) is 0 Å². The van der Waals surface area contributed by atoms with Crippen molar-refractivity contribution in [1.82, 2.24) is 10.3 Å². The van der Waals surface area contributed by atoms with Gasteiger partial charge in [-0.2, -0.15) is 11.8 Å². The molecule has 0 radical (unpaired) electrons. The predicted octanol–water partition coefficient (Wildman–Crippen LogP) is 2.91. The standard InChI is InChI=1S/C15H25N3S/c1-3-7-16-11-13-6-5-8-17-15(13)18-9-10-19-14(4-2)12-18/h5-6,8,14,16H,3-4,7,9-12H2,1-2H3. The van der Waals surface area contributed by atoms with Crippen LogP contribution in [0.4, 0.5) is 5.82 Å². The molecule has 0 spiro atoms. The molecule has 2 heterocycles. The zero-order chi connectivity index (χ0) is 13.5. The van der Waals surface area contributed by atoms with E-state index in [-0.39, 0.29) is 0 Å². The molecule has 1 aromatic heterocycles. The van der Waals surface area contributed by atoms with Crippen LogP contribution in [-0.2, 0) is 6.54 Å². The Labute approximate surface area is 121 Å². The van der Waals surface area contributed by atoms with Gasteiger partial charge in [0, 0.05) is 42.4 Å². The molecule has 1 aliphatic heterocycles. The van der Waals surface area contributed by atoms with Crippen molar-refractivity contribution in [3.05, 3.63) is 23.9 Å². The number of aromatic nitrogens is 1. The van der Waals surface area contributed by atoms with Gasteiger partial charge in [-0.15, -0.1) is 0 Å². The largest absolute Gasteiger partial charge is 0.354 e. The fourth-order valence-electron chi connectivity index (χ4n) is 2.41. The quantitative estimate of drug-likeness (QED) is 0.811. The molecule has 0 aromatic carbocycles. The fraction of sp³-hybridized carbons (Fsp3) is 0.667. The van der Waals surface area contributed by atoms with Crippen molar-refractivity contribution < 1.29 is 0 Å². The van der Waals surface area contributed by atoms with Crippen molar-refractivity contribution in [1.29, 1.82) is 0 Å². The molecule has 0 amide bonds. The van der Waals surface area contributed by atoms with Crippen LogP contribution in [0.2, 0.25) is 0 Å². The minimum absolute atomic E-state index is 0.757. The molecule has 1 N–H and O–H groups in total. The van der Waals surface area contributed by atoms with Gasteiger partial charge in [0.05, 0.1) is 0 Å². The van der Waals surface area contributed by atoms with E-state index in [9.17, 15) is 0 Å². The van der Waals surface area contributed by atoms with Crippen molar-refractivity contribution in [3.63, 3.8) is 0 Å². The molecule has 1 saturated heterocycles. The maximum Gasteiger partial charge on any atom is 0.133 e. The lowest BCUT2D eigenvalue weighted by molar-refractivity contribution is 0.664. The molecule has 19 heavy (non-hydrogen) atoms. The molecule has 106 valence electrons. The molecule has 1 fully saturated rings. The highest BCUT2D eigenvalue weighted by Gasteiger charge is 2.21. The van der Waals surface area contributed by atoms with E-state index in [2.05, 4.69) is 46.9 Å². The van der Waals surface area contributed by atoms with E-state index in [4.69, 9.17) is 0 Å². The Bertz CT molecular complexity index is 383. The van der Waals surface area contributed by atoms with Crippen molar-refractivity contribution in [3.8, 4) is 0 Å². The van der Waals surface area contributed by atoms with Crippen LogP contribution in [0.5, 0.6) is 0 Å². The lowest BCUT2D eigenvalue weighted by Gasteiger charge is -2.34. The van der Waals surface area contributed by atoms with Crippen molar-refractivity contribution in [2.24, 2.45) is 0 Å². The van der Waals surface area contributed by atoms with Crippen molar-refractivity contribution >= 4 is 17.6 Å². The molecule has 4 heteroatoms. The summed E-state index contributed by atoms with van der Waals surface area (Å²) in [7, 11) is 0. The summed E-state index contributed by atoms with van der Waals surface area (Å²) in [5.41, 5.74) is 1.33. The fourth-order valence-corrected chi connectivity index (χ4v) is 3.59. The first-order valence-electron chi connectivity index (χ1n) is 7.36. The monoisotopic (exact) mass is 279 g/mol. The summed E-state index contributed by atoms with van der Waals surface area (Å²) in [5, 5.41) is 4.24. The van der Waals surface area contributed by atoms with E-state index in [1.807, 2.05) is 12.3 Å². The number of nitrogens with zero attached hydrogens (tertiary/aromatic N) is 2. The van der Waals surface area contributed by atoms with Crippen LogP contribution in [0.25, 0.3) is 0 Å². The van der Waals surface area contributed by atoms with Gasteiger partial charge in [-0.1, -0.05) is 19.9 Å². The molecule has 0 saturated carbocycles. The van der Waals surface area contributed by atoms with Crippen molar-refractivity contribution in [2.45, 2.75) is 38.5 Å². The van der Waals surface area contributed by atoms with Crippen LogP contribution < -0.4 is 10.2 Å². The SMILES string of the molecule is CCCNCc1cccnc1N1CCSC(CC)C1. The highest BCUT2D eigenvalue weighted by atomic mass is 32.2. The first-order chi connectivity index (χ1) is 9.35. The Morgan fingerprint density at radius 3 is 3.16 bits per heavy atom. The topological polar surface area (TPSA) is 28.2 Å². The molecule has 3 nitrogen and oxygen atoms in total. The molecule has 0 aliphatic carbocycles. The third-order valence-corrected chi connectivity index (χ3v) is 4.88. The molecule has 2 rings (SSSR count). The summed E-state index contributed by atoms with van der Waals surface area (Å²) < 4.78 is 0. The minimum atomic E-state index is 0.757. The maximum absolute atomic E-state index is 4.63. The number of hydrogen-bond acceptors (Lipinski definition) is 4. The lowest BCUT2D eigenvalue weighted by Crippen LogP contribution is -2.39. The van der Waals surface area contributed by atoms with Crippen LogP contribution in [0.1, 0.15) is 32.3 Å². The molecular formula is C15H25N3S. The number of rotatable bonds is 6. The molecule has 1 atom stereocenters. The van der Waals surface area contributed by atoms with Crippen LogP contribution in [-0.4, -0.2) is 35.6 Å². The second kappa shape index (κ2) is 7.75. The van der Waals surface area contributed by atoms with E-state index >= 15 is 0 Å². The predicted molar refractivity (Wildman–Crippen MR) is 85.0 cm³/mol. The van der Waals surface area contributed by atoms with E-state index < -0.39 is 0 Å². The lowest BCUT2D eigenvalue weighted by atomic mass is 10.2. The second-order valence-electron chi connectivity index (χ2n) is 5.01. The summed E-state index contributed by atoms with van der Waals surface area (Å²) in [5.74, 6) is 2.40. The number of pyridine rings is 1. The average molecular weight is 279 g/mol. The van der Waals surface area contributed by atoms with E-state index in [1.165, 1.54) is 30.0 Å². The van der Waals surface area contributed by atoms with E-state index in [0.29, 0.717) is 0 Å². The number of anilines is 1. The zero-order valence-corrected chi connectivity index (χ0v) is 12.9. The maximum atomic E-state index is 4.63. The Hall–Kier alpha value is -0.740. The van der Waals surface area contributed by atoms with Gasteiger partial charge in [0.15, 0.2) is 0 Å². The molecular weight excluding hydrogens is 254 g/mol. The Morgan fingerprint density at radius 2 is 2.37 bits per heavy atom. The van der Waals surface area contributed by atoms with Crippen LogP contribution in [0.3, 0.4) is 0 Å². The van der Waals surface area contributed by atoms with Gasteiger partial charge in [-0.3, -0.25) is 0 Å². The van der Waals surface area contributed by atoms with E-state index in [0.717, 1.165) is 31.4 Å². The van der Waals surface area contributed by atoms with Gasteiger partial charge in [-0.05, 0) is 25.5 Å². The smallest absolute Gasteiger partial charge is 0.133 e. The first-order valence-corrected chi connectivity index (χ1v) is 8.41. The van der Waals surface area contributed by atoms with Gasteiger partial charge >= 0.3 is 0 Å². The highest BCUT2D eigenvalue weighted by Crippen LogP contribution is 2.26. The van der Waals surface area contributed by atoms with Crippen LogP contribution >= 0.6 is 11.8 Å². The molecule has 1 aromatic rings. The zero-order valence-electron chi connectivity index (χ0n) is 12.1. The number of nitrogens with one attached hydrogen (secondary N) is 1. The van der Waals surface area contributed by atoms with Gasteiger partial charge in [-0.25, -0.2) is 4.98 Å². The summed E-state index contributed by atoms with van der Waals surface area (Å²) in [4.78, 5) is 7.09. The highest BCUT2D eigenvalue weighted by molar-refractivity contribution is 8.00. The summed E-state index contributed by atoms with van der Waals surface area (Å²) in [6.45, 7) is 8.74. The van der Waals surface area contributed by atoms with Gasteiger partial charge in [0.1, 0.15) is 5.82 Å². The van der Waals surface area contributed by atoms with Crippen molar-refractivity contribution in [2.75, 3.05) is 30.3 Å². The Balaban J connectivity index is 2.05. The summed E-state index contributed by atoms with van der Waals surface area (Å²) in [6, 6.07) is 4.25. The molecule has 1 unspecified atom stereocenters. The molecule has 0 bridgehead atoms. The minimum Gasteiger partial charge on any atom is -0.354 e. The van der Waals surface area contributed by atoms with Gasteiger partial charge < -0.3 is 10.2 Å². The average Bonchev–Trinajstić information content (AvgIpc) is 2.48. The van der Waals surface area contributed by atoms with Crippen LogP contribution in [0.15, 0.2) is 18.3 Å². The summed E-state index contributed by atoms with van der Waals surface area (Å²) >= 11 is 2.10. The third-order valence-electron chi connectivity index (χ3n) is 3.50. The normalized spacial score (nSPS) is 19.7. The third kappa shape index (κ3) is 4.11. The number of hydrogen-bond donors (Lipinski definition) is 1.